The number of unbranched alkanes of at least 4 members (excludes halogenated alkanes) is 56. The summed E-state index contributed by atoms with van der Waals surface area (Å²) in [5.74, 6) is -1.97. The zero-order valence-electron chi connectivity index (χ0n) is 67.8. The number of allylic oxidation sites excluding steroid dienone is 12. The normalized spacial score (nSPS) is 12.9. The average Bonchev–Trinajstić information content (AvgIpc) is 1.21. The summed E-state index contributed by atoms with van der Waals surface area (Å²) in [5.41, 5.74) is 0. The van der Waals surface area contributed by atoms with Gasteiger partial charge >= 0.3 is 17.9 Å². The van der Waals surface area contributed by atoms with E-state index in [0.29, 0.717) is 17.4 Å². The number of hydrogen-bond acceptors (Lipinski definition) is 7. The van der Waals surface area contributed by atoms with Gasteiger partial charge in [-0.05, 0) is 83.5 Å². The maximum absolute atomic E-state index is 13.0. The Kier molecular flexibility index (Phi) is 79.7. The van der Waals surface area contributed by atoms with E-state index in [1.807, 2.05) is 21.1 Å². The molecule has 0 saturated heterocycles. The van der Waals surface area contributed by atoms with Gasteiger partial charge in [0.25, 0.3) is 6.29 Å². The van der Waals surface area contributed by atoms with Crippen LogP contribution in [0.3, 0.4) is 0 Å². The zero-order chi connectivity index (χ0) is 73.2. The third-order valence-electron chi connectivity index (χ3n) is 19.9. The molecule has 0 aromatic rings. The number of esters is 2. The highest BCUT2D eigenvalue weighted by atomic mass is 16.7. The lowest BCUT2D eigenvalue weighted by Gasteiger charge is -2.25. The van der Waals surface area contributed by atoms with Crippen LogP contribution < -0.4 is 0 Å². The molecular formula is C92H170NO8+. The molecule has 0 aromatic carbocycles. The second-order valence-corrected chi connectivity index (χ2v) is 31.2. The highest BCUT2D eigenvalue weighted by molar-refractivity contribution is 5.71. The largest absolute Gasteiger partial charge is 0.477 e. The molecule has 0 aromatic heterocycles. The summed E-state index contributed by atoms with van der Waals surface area (Å²) >= 11 is 0. The lowest BCUT2D eigenvalue weighted by Crippen LogP contribution is -2.40. The summed E-state index contributed by atoms with van der Waals surface area (Å²) in [6, 6.07) is 0. The summed E-state index contributed by atoms with van der Waals surface area (Å²) in [7, 11) is 6.00. The number of carbonyl (C=O) groups excluding carboxylic acids is 2. The molecule has 0 radical (unpaired) electrons. The molecule has 0 bridgehead atoms. The predicted octanol–water partition coefficient (Wildman–Crippen LogP) is 28.7. The topological polar surface area (TPSA) is 108 Å². The van der Waals surface area contributed by atoms with Crippen molar-refractivity contribution in [1.29, 1.82) is 0 Å². The van der Waals surface area contributed by atoms with E-state index in [9.17, 15) is 19.5 Å². The quantitative estimate of drug-likeness (QED) is 0.0211. The van der Waals surface area contributed by atoms with E-state index >= 15 is 0 Å². The summed E-state index contributed by atoms with van der Waals surface area (Å²) in [6.45, 7) is 4.84. The van der Waals surface area contributed by atoms with E-state index < -0.39 is 18.4 Å². The van der Waals surface area contributed by atoms with Crippen LogP contribution in [0.4, 0.5) is 0 Å². The smallest absolute Gasteiger partial charge is 0.361 e. The van der Waals surface area contributed by atoms with Gasteiger partial charge in [0.05, 0.1) is 34.4 Å². The van der Waals surface area contributed by atoms with E-state index in [2.05, 4.69) is 86.8 Å². The van der Waals surface area contributed by atoms with Crippen molar-refractivity contribution in [3.05, 3.63) is 72.9 Å². The van der Waals surface area contributed by atoms with Crippen LogP contribution >= 0.6 is 0 Å². The number of quaternary nitrogens is 1. The molecule has 590 valence electrons. The van der Waals surface area contributed by atoms with Gasteiger partial charge in [0, 0.05) is 12.8 Å². The Labute approximate surface area is 628 Å². The number of carboxylic acid groups (broad SMARTS) is 1. The van der Waals surface area contributed by atoms with Crippen LogP contribution in [0.5, 0.6) is 0 Å². The van der Waals surface area contributed by atoms with Gasteiger partial charge in [0.15, 0.2) is 6.10 Å². The first-order valence-corrected chi connectivity index (χ1v) is 44.1. The van der Waals surface area contributed by atoms with Gasteiger partial charge in [-0.25, -0.2) is 4.79 Å². The molecule has 1 N–H and O–H groups in total. The Morgan fingerprint density at radius 2 is 0.564 bits per heavy atom. The van der Waals surface area contributed by atoms with Crippen LogP contribution in [-0.4, -0.2) is 87.4 Å². The molecule has 0 rings (SSSR count). The third-order valence-corrected chi connectivity index (χ3v) is 19.9. The fourth-order valence-electron chi connectivity index (χ4n) is 13.3. The minimum absolute atomic E-state index is 0.176. The van der Waals surface area contributed by atoms with E-state index in [4.69, 9.17) is 18.9 Å². The van der Waals surface area contributed by atoms with Crippen LogP contribution in [0.2, 0.25) is 0 Å². The number of aliphatic carboxylic acids is 1. The van der Waals surface area contributed by atoms with Gasteiger partial charge in [0.1, 0.15) is 13.2 Å². The van der Waals surface area contributed by atoms with Gasteiger partial charge in [-0.15, -0.1) is 0 Å². The molecule has 0 aliphatic carbocycles. The highest BCUT2D eigenvalue weighted by Gasteiger charge is 2.25. The van der Waals surface area contributed by atoms with Gasteiger partial charge in [-0.3, -0.25) is 9.59 Å². The minimum atomic E-state index is -1.51. The standard InChI is InChI=1S/C92H169NO8/c1-6-8-10-12-14-16-18-20-22-24-26-28-30-32-34-36-38-40-42-43-44-45-46-47-49-51-53-55-57-59-61-63-65-67-69-71-73-75-77-79-81-83-90(95)101-88(87-100-92(91(96)97)98-85-84-93(3,4)5)86-99-89(94)82-80-78-76-74-72-70-68-66-64-62-60-58-56-54-52-50-48-41-39-37-35-33-31-29-27-25-23-21-19-17-15-13-11-9-7-2/h8,10,14,16,20,22,25-28,32,34,88,92H,6-7,9,11-13,15,17-19,21,23-24,29-31,33,35-87H2,1-5H3/p+1/b10-8-,16-14-,22-20-,27-25-,28-26-,34-32-. The molecule has 2 atom stereocenters. The molecule has 0 aliphatic rings. The Morgan fingerprint density at radius 3 is 0.851 bits per heavy atom. The first-order chi connectivity index (χ1) is 49.6. The fraction of sp³-hybridized carbons (Fsp3) is 0.837. The van der Waals surface area contributed by atoms with Crippen molar-refractivity contribution in [1.82, 2.24) is 0 Å². The summed E-state index contributed by atoms with van der Waals surface area (Å²) in [4.78, 5) is 37.8. The molecule has 9 nitrogen and oxygen atoms in total. The molecule has 0 amide bonds. The van der Waals surface area contributed by atoms with E-state index in [1.165, 1.54) is 340 Å². The molecule has 0 heterocycles. The summed E-state index contributed by atoms with van der Waals surface area (Å²) < 4.78 is 23.1. The van der Waals surface area contributed by atoms with Crippen LogP contribution in [0.15, 0.2) is 72.9 Å². The monoisotopic (exact) mass is 1420 g/mol. The fourth-order valence-corrected chi connectivity index (χ4v) is 13.3. The lowest BCUT2D eigenvalue weighted by molar-refractivity contribution is -0.870. The van der Waals surface area contributed by atoms with Gasteiger partial charge in [0.2, 0.25) is 0 Å². The van der Waals surface area contributed by atoms with Crippen LogP contribution in [0, 0.1) is 0 Å². The Balaban J connectivity index is 3.91. The van der Waals surface area contributed by atoms with Crippen LogP contribution in [0.25, 0.3) is 0 Å². The number of nitrogens with zero attached hydrogens (tertiary/aromatic N) is 1. The lowest BCUT2D eigenvalue weighted by atomic mass is 10.0. The van der Waals surface area contributed by atoms with Gasteiger partial charge in [-0.1, -0.05) is 414 Å². The predicted molar refractivity (Wildman–Crippen MR) is 438 cm³/mol. The van der Waals surface area contributed by atoms with Crippen molar-refractivity contribution in [2.75, 3.05) is 47.5 Å². The Bertz CT molecular complexity index is 1900. The van der Waals surface area contributed by atoms with Crippen molar-refractivity contribution in [3.63, 3.8) is 0 Å². The first kappa shape index (κ1) is 97.7. The van der Waals surface area contributed by atoms with Crippen LogP contribution in [-0.2, 0) is 33.3 Å². The maximum atomic E-state index is 13.0. The van der Waals surface area contributed by atoms with E-state index in [-0.39, 0.29) is 38.2 Å². The first-order valence-electron chi connectivity index (χ1n) is 44.1. The molecule has 0 saturated carbocycles. The van der Waals surface area contributed by atoms with Gasteiger partial charge < -0.3 is 28.5 Å². The zero-order valence-corrected chi connectivity index (χ0v) is 67.8. The Morgan fingerprint density at radius 1 is 0.307 bits per heavy atom. The highest BCUT2D eigenvalue weighted by Crippen LogP contribution is 2.20. The SMILES string of the molecule is CC/C=C\C/C=C\C/C=C\C/C=C\C/C=C\CCCCCCCCCCCCCCCCCCCCCCCCCCCC(=O)OC(COC(=O)CCCCCCCCCCCCCCCCCCCCCCCCC/C=C\CCCCCCCCCC)COC(OCC[N+](C)(C)C)C(=O)O. The van der Waals surface area contributed by atoms with Gasteiger partial charge in [-0.2, -0.15) is 0 Å². The van der Waals surface area contributed by atoms with Crippen molar-refractivity contribution in [3.8, 4) is 0 Å². The minimum Gasteiger partial charge on any atom is -0.477 e. The van der Waals surface area contributed by atoms with Crippen molar-refractivity contribution < 1.29 is 42.9 Å². The summed E-state index contributed by atoms with van der Waals surface area (Å²) in [5, 5.41) is 9.79. The van der Waals surface area contributed by atoms with Crippen molar-refractivity contribution in [2.45, 2.75) is 450 Å². The molecule has 0 aliphatic heterocycles. The van der Waals surface area contributed by atoms with E-state index in [1.54, 1.807) is 0 Å². The number of carboxylic acids is 1. The molecule has 0 fully saturated rings. The second kappa shape index (κ2) is 82.4. The number of ether oxygens (including phenoxy) is 4. The van der Waals surface area contributed by atoms with Crippen LogP contribution in [0.1, 0.15) is 438 Å². The number of carbonyl (C=O) groups is 3. The average molecular weight is 1420 g/mol. The number of hydrogen-bond donors (Lipinski definition) is 1. The molecule has 0 spiro atoms. The van der Waals surface area contributed by atoms with E-state index in [0.717, 1.165) is 70.6 Å². The summed E-state index contributed by atoms with van der Waals surface area (Å²) in [6.07, 6.45) is 110. The number of rotatable bonds is 83. The van der Waals surface area contributed by atoms with Crippen molar-refractivity contribution in [2.24, 2.45) is 0 Å². The molecule has 9 heteroatoms. The number of likely N-dealkylation sites (N-methyl/N-ethyl adjacent to an activating group) is 1. The molecule has 101 heavy (non-hydrogen) atoms. The second-order valence-electron chi connectivity index (χ2n) is 31.2. The third kappa shape index (κ3) is 83.9. The Hall–Kier alpha value is -3.27. The van der Waals surface area contributed by atoms with Crippen molar-refractivity contribution >= 4 is 17.9 Å². The molecule has 2 unspecified atom stereocenters. The maximum Gasteiger partial charge on any atom is 0.361 e. The molecular weight excluding hydrogens is 1250 g/mol.